The summed E-state index contributed by atoms with van der Waals surface area (Å²) in [5, 5.41) is 10.7. The second kappa shape index (κ2) is 9.18. The molecular formula is C20H20F2N4O2. The van der Waals surface area contributed by atoms with Gasteiger partial charge in [0.25, 0.3) is 5.56 Å². The Morgan fingerprint density at radius 1 is 1.07 bits per heavy atom. The van der Waals surface area contributed by atoms with Crippen LogP contribution in [0.1, 0.15) is 11.3 Å². The summed E-state index contributed by atoms with van der Waals surface area (Å²) in [6, 6.07) is 10.4. The molecule has 0 bridgehead atoms. The van der Waals surface area contributed by atoms with Gasteiger partial charge in [-0.2, -0.15) is 5.10 Å². The molecule has 1 aromatic heterocycles. The van der Waals surface area contributed by atoms with Crippen molar-refractivity contribution in [3.05, 3.63) is 75.7 Å². The maximum absolute atomic E-state index is 13.7. The predicted molar refractivity (Wildman–Crippen MR) is 102 cm³/mol. The van der Waals surface area contributed by atoms with E-state index >= 15 is 0 Å². The molecule has 0 spiro atoms. The van der Waals surface area contributed by atoms with Gasteiger partial charge in [0, 0.05) is 44.1 Å². The molecular weight excluding hydrogens is 366 g/mol. The van der Waals surface area contributed by atoms with Crippen molar-refractivity contribution in [2.45, 2.75) is 6.42 Å². The topological polar surface area (TPSA) is 78.1 Å². The summed E-state index contributed by atoms with van der Waals surface area (Å²) in [7, 11) is 0. The van der Waals surface area contributed by atoms with E-state index in [0.29, 0.717) is 22.0 Å². The number of H-pyrrole nitrogens is 1. The number of rotatable bonds is 3. The second-order valence-corrected chi connectivity index (χ2v) is 6.35. The average molecular weight is 386 g/mol. The van der Waals surface area contributed by atoms with Crippen molar-refractivity contribution in [3.63, 3.8) is 0 Å². The number of carbonyl (C=O) groups is 1. The van der Waals surface area contributed by atoms with E-state index in [4.69, 9.17) is 0 Å². The second-order valence-electron chi connectivity index (χ2n) is 6.35. The molecule has 1 saturated heterocycles. The van der Waals surface area contributed by atoms with Gasteiger partial charge in [-0.3, -0.25) is 9.59 Å². The number of fused-ring (bicyclic) bond motifs is 1. The molecule has 8 heteroatoms. The minimum atomic E-state index is -0.623. The standard InChI is InChI=1S/C15H10F2N2O.C5H10N2O/c16-10-6-5-9(13(17)8-10)7-14-11-3-1-2-4-12(11)15(20)19-18-14;8-5-7-3-1-6-2-4-7/h1-6,8H,7H2,(H,19,20);5-6H,1-4H2. The van der Waals surface area contributed by atoms with E-state index in [1.54, 1.807) is 29.2 Å². The monoisotopic (exact) mass is 386 g/mol. The highest BCUT2D eigenvalue weighted by Gasteiger charge is 2.10. The quantitative estimate of drug-likeness (QED) is 0.674. The smallest absolute Gasteiger partial charge is 0.272 e. The lowest BCUT2D eigenvalue weighted by atomic mass is 10.0. The van der Waals surface area contributed by atoms with Crippen molar-refractivity contribution in [1.82, 2.24) is 20.4 Å². The third kappa shape index (κ3) is 4.77. The maximum atomic E-state index is 13.7. The van der Waals surface area contributed by atoms with Gasteiger partial charge in [0.05, 0.1) is 11.1 Å². The van der Waals surface area contributed by atoms with E-state index in [-0.39, 0.29) is 12.0 Å². The van der Waals surface area contributed by atoms with Crippen molar-refractivity contribution in [1.29, 1.82) is 0 Å². The summed E-state index contributed by atoms with van der Waals surface area (Å²) in [4.78, 5) is 23.5. The highest BCUT2D eigenvalue weighted by atomic mass is 19.1. The molecule has 2 heterocycles. The summed E-state index contributed by atoms with van der Waals surface area (Å²) in [6.45, 7) is 3.62. The number of aromatic nitrogens is 2. The van der Waals surface area contributed by atoms with Gasteiger partial charge < -0.3 is 10.2 Å². The Morgan fingerprint density at radius 2 is 1.79 bits per heavy atom. The van der Waals surface area contributed by atoms with Crippen LogP contribution in [0.25, 0.3) is 10.8 Å². The van der Waals surface area contributed by atoms with Gasteiger partial charge in [-0.05, 0) is 17.7 Å². The lowest BCUT2D eigenvalue weighted by molar-refractivity contribution is -0.118. The molecule has 1 fully saturated rings. The van der Waals surface area contributed by atoms with Crippen LogP contribution in [-0.2, 0) is 11.2 Å². The first-order valence-corrected chi connectivity index (χ1v) is 8.89. The summed E-state index contributed by atoms with van der Waals surface area (Å²) >= 11 is 0. The molecule has 0 saturated carbocycles. The molecule has 1 amide bonds. The minimum Gasteiger partial charge on any atom is -0.343 e. The van der Waals surface area contributed by atoms with Crippen molar-refractivity contribution in [3.8, 4) is 0 Å². The summed E-state index contributed by atoms with van der Waals surface area (Å²) < 4.78 is 26.6. The van der Waals surface area contributed by atoms with Crippen LogP contribution in [0.5, 0.6) is 0 Å². The van der Waals surface area contributed by atoms with E-state index in [0.717, 1.165) is 38.7 Å². The fourth-order valence-corrected chi connectivity index (χ4v) is 2.94. The van der Waals surface area contributed by atoms with Gasteiger partial charge in [0.2, 0.25) is 6.41 Å². The lowest BCUT2D eigenvalue weighted by Crippen LogP contribution is -2.42. The zero-order valence-electron chi connectivity index (χ0n) is 15.1. The Balaban J connectivity index is 0.000000236. The fourth-order valence-electron chi connectivity index (χ4n) is 2.94. The maximum Gasteiger partial charge on any atom is 0.272 e. The first-order valence-electron chi connectivity index (χ1n) is 8.89. The largest absolute Gasteiger partial charge is 0.343 e. The third-order valence-electron chi connectivity index (χ3n) is 4.45. The Labute approximate surface area is 160 Å². The van der Waals surface area contributed by atoms with Crippen LogP contribution < -0.4 is 10.9 Å². The molecule has 2 aromatic carbocycles. The zero-order chi connectivity index (χ0) is 19.9. The first kappa shape index (κ1) is 19.6. The van der Waals surface area contributed by atoms with Gasteiger partial charge in [0.1, 0.15) is 11.6 Å². The van der Waals surface area contributed by atoms with Gasteiger partial charge in [-0.25, -0.2) is 13.9 Å². The molecule has 28 heavy (non-hydrogen) atoms. The molecule has 0 unspecified atom stereocenters. The van der Waals surface area contributed by atoms with Crippen LogP contribution in [0.15, 0.2) is 47.3 Å². The lowest BCUT2D eigenvalue weighted by Gasteiger charge is -2.22. The van der Waals surface area contributed by atoms with Gasteiger partial charge in [-0.1, -0.05) is 24.3 Å². The van der Waals surface area contributed by atoms with Crippen LogP contribution in [-0.4, -0.2) is 47.7 Å². The Morgan fingerprint density at radius 3 is 2.43 bits per heavy atom. The SMILES string of the molecule is O=CN1CCNCC1.O=c1[nH]nc(Cc2ccc(F)cc2F)c2ccccc12. The van der Waals surface area contributed by atoms with E-state index in [1.165, 1.54) is 12.1 Å². The number of hydrogen-bond acceptors (Lipinski definition) is 4. The van der Waals surface area contributed by atoms with Crippen molar-refractivity contribution < 1.29 is 13.6 Å². The molecule has 146 valence electrons. The number of halogens is 2. The van der Waals surface area contributed by atoms with Crippen LogP contribution in [0.2, 0.25) is 0 Å². The van der Waals surface area contributed by atoms with Crippen LogP contribution in [0, 0.1) is 11.6 Å². The molecule has 6 nitrogen and oxygen atoms in total. The zero-order valence-corrected chi connectivity index (χ0v) is 15.1. The number of carbonyl (C=O) groups excluding carboxylic acids is 1. The van der Waals surface area contributed by atoms with Crippen LogP contribution >= 0.6 is 0 Å². The number of aromatic amines is 1. The average Bonchev–Trinajstić information content (AvgIpc) is 2.73. The molecule has 4 rings (SSSR count). The Kier molecular flexibility index (Phi) is 6.44. The van der Waals surface area contributed by atoms with Gasteiger partial charge >= 0.3 is 0 Å². The van der Waals surface area contributed by atoms with Gasteiger partial charge in [-0.15, -0.1) is 0 Å². The van der Waals surface area contributed by atoms with Crippen LogP contribution in [0.3, 0.4) is 0 Å². The van der Waals surface area contributed by atoms with Crippen molar-refractivity contribution >= 4 is 17.2 Å². The van der Waals surface area contributed by atoms with E-state index in [9.17, 15) is 18.4 Å². The van der Waals surface area contributed by atoms with Gasteiger partial charge in [0.15, 0.2) is 0 Å². The van der Waals surface area contributed by atoms with Crippen molar-refractivity contribution in [2.24, 2.45) is 0 Å². The predicted octanol–water partition coefficient (Wildman–Crippen LogP) is 1.84. The van der Waals surface area contributed by atoms with E-state index < -0.39 is 11.6 Å². The number of piperazine rings is 1. The molecule has 0 aliphatic carbocycles. The normalized spacial score (nSPS) is 13.7. The number of amides is 1. The number of benzene rings is 2. The summed E-state index contributed by atoms with van der Waals surface area (Å²) in [5.41, 5.74) is 0.589. The molecule has 3 aromatic rings. The first-order chi connectivity index (χ1) is 13.6. The molecule has 0 atom stereocenters. The Hall–Kier alpha value is -3.13. The highest BCUT2D eigenvalue weighted by Crippen LogP contribution is 2.18. The highest BCUT2D eigenvalue weighted by molar-refractivity contribution is 5.83. The van der Waals surface area contributed by atoms with Crippen LogP contribution in [0.4, 0.5) is 8.78 Å². The molecule has 1 aliphatic heterocycles. The minimum absolute atomic E-state index is 0.184. The molecule has 2 N–H and O–H groups in total. The Bertz CT molecular complexity index is 1020. The third-order valence-corrected chi connectivity index (χ3v) is 4.45. The fraction of sp³-hybridized carbons (Fsp3) is 0.250. The van der Waals surface area contributed by atoms with Crippen molar-refractivity contribution in [2.75, 3.05) is 26.2 Å². The summed E-state index contributed by atoms with van der Waals surface area (Å²) in [5.74, 6) is -1.24. The molecule has 0 radical (unpaired) electrons. The molecule has 1 aliphatic rings. The number of nitrogens with one attached hydrogen (secondary N) is 2. The number of hydrogen-bond donors (Lipinski definition) is 2. The number of nitrogens with zero attached hydrogens (tertiary/aromatic N) is 2. The van der Waals surface area contributed by atoms with E-state index in [2.05, 4.69) is 15.5 Å². The van der Waals surface area contributed by atoms with E-state index in [1.807, 2.05) is 0 Å². The summed E-state index contributed by atoms with van der Waals surface area (Å²) in [6.07, 6.45) is 1.09.